The minimum Gasteiger partial charge on any atom is -0.481 e. The van der Waals surface area contributed by atoms with E-state index in [0.717, 1.165) is 16.4 Å². The number of carboxylic acids is 2. The fourth-order valence-corrected chi connectivity index (χ4v) is 5.12. The van der Waals surface area contributed by atoms with Crippen LogP contribution in [0.3, 0.4) is 0 Å². The summed E-state index contributed by atoms with van der Waals surface area (Å²) >= 11 is 0. The Kier molecular flexibility index (Phi) is 6.65. The predicted octanol–water partition coefficient (Wildman–Crippen LogP) is 2.00. The van der Waals surface area contributed by atoms with Crippen LogP contribution in [0.15, 0.2) is 41.4 Å². The van der Waals surface area contributed by atoms with E-state index in [1.165, 1.54) is 23.1 Å². The molecule has 0 spiro atoms. The lowest BCUT2D eigenvalue weighted by molar-refractivity contribution is -0.141. The number of piperazine rings is 1. The van der Waals surface area contributed by atoms with Crippen molar-refractivity contribution in [2.75, 3.05) is 24.5 Å². The molecule has 0 unspecified atom stereocenters. The second-order valence-corrected chi connectivity index (χ2v) is 9.37. The molecule has 1 aliphatic rings. The van der Waals surface area contributed by atoms with Crippen LogP contribution in [0, 0.1) is 6.92 Å². The molecule has 0 bridgehead atoms. The van der Waals surface area contributed by atoms with Crippen LogP contribution >= 0.6 is 0 Å². The molecule has 3 rings (SSSR count). The lowest BCUT2D eigenvalue weighted by atomic mass is 10.1. The van der Waals surface area contributed by atoms with Crippen LogP contribution in [0.1, 0.15) is 16.7 Å². The van der Waals surface area contributed by atoms with Crippen molar-refractivity contribution in [3.05, 3.63) is 53.2 Å². The maximum atomic E-state index is 13.2. The molecule has 2 N–H and O–H groups in total. The molecule has 1 atom stereocenters. The van der Waals surface area contributed by atoms with Crippen LogP contribution in [0.4, 0.5) is 19.0 Å². The summed E-state index contributed by atoms with van der Waals surface area (Å²) in [6, 6.07) is 4.32. The van der Waals surface area contributed by atoms with E-state index in [1.54, 1.807) is 6.92 Å². The number of alkyl halides is 3. The average Bonchev–Trinajstić information content (AvgIpc) is 2.74. The number of carbonyl (C=O) groups is 2. The molecule has 178 valence electrons. The molecule has 1 aromatic carbocycles. The minimum absolute atomic E-state index is 0.00474. The van der Waals surface area contributed by atoms with E-state index in [9.17, 15) is 36.3 Å². The Labute approximate surface area is 187 Å². The third kappa shape index (κ3) is 5.25. The Hall–Kier alpha value is -3.19. The van der Waals surface area contributed by atoms with Crippen molar-refractivity contribution in [3.63, 3.8) is 0 Å². The van der Waals surface area contributed by atoms with Gasteiger partial charge in [0.05, 0.1) is 16.9 Å². The van der Waals surface area contributed by atoms with Crippen molar-refractivity contribution < 1.29 is 41.4 Å². The molecular weight excluding hydrogens is 467 g/mol. The third-order valence-corrected chi connectivity index (χ3v) is 7.19. The smallest absolute Gasteiger partial charge is 0.417 e. The van der Waals surface area contributed by atoms with Crippen LogP contribution in [-0.2, 0) is 32.2 Å². The molecule has 1 aliphatic heterocycles. The Bertz CT molecular complexity index is 1170. The number of rotatable bonds is 6. The van der Waals surface area contributed by atoms with E-state index in [1.807, 2.05) is 0 Å². The van der Waals surface area contributed by atoms with Gasteiger partial charge in [0.2, 0.25) is 10.0 Å². The van der Waals surface area contributed by atoms with Crippen molar-refractivity contribution >= 4 is 27.8 Å². The number of hydrogen-bond donors (Lipinski definition) is 2. The summed E-state index contributed by atoms with van der Waals surface area (Å²) in [7, 11) is -4.30. The number of carboxylic acid groups (broad SMARTS) is 2. The quantitative estimate of drug-likeness (QED) is 0.633. The summed E-state index contributed by atoms with van der Waals surface area (Å²) in [5.74, 6) is -2.49. The van der Waals surface area contributed by atoms with Gasteiger partial charge in [-0.3, -0.25) is 9.59 Å². The Morgan fingerprint density at radius 2 is 1.85 bits per heavy atom. The lowest BCUT2D eigenvalue weighted by Gasteiger charge is -2.39. The van der Waals surface area contributed by atoms with Gasteiger partial charge in [0.1, 0.15) is 11.9 Å². The molecule has 9 nitrogen and oxygen atoms in total. The van der Waals surface area contributed by atoms with Crippen LogP contribution in [0.2, 0.25) is 0 Å². The monoisotopic (exact) mass is 487 g/mol. The summed E-state index contributed by atoms with van der Waals surface area (Å²) < 4.78 is 65.5. The maximum absolute atomic E-state index is 13.2. The van der Waals surface area contributed by atoms with Gasteiger partial charge in [-0.05, 0) is 42.3 Å². The van der Waals surface area contributed by atoms with Crippen molar-refractivity contribution in [2.24, 2.45) is 0 Å². The molecule has 1 saturated heterocycles. The topological polar surface area (TPSA) is 128 Å². The van der Waals surface area contributed by atoms with Crippen LogP contribution in [0.5, 0.6) is 0 Å². The zero-order valence-electron chi connectivity index (χ0n) is 17.3. The zero-order chi connectivity index (χ0) is 24.6. The highest BCUT2D eigenvalue weighted by Crippen LogP contribution is 2.30. The number of pyridine rings is 1. The highest BCUT2D eigenvalue weighted by molar-refractivity contribution is 7.89. The van der Waals surface area contributed by atoms with Gasteiger partial charge in [-0.25, -0.2) is 13.4 Å². The van der Waals surface area contributed by atoms with Crippen molar-refractivity contribution in [1.82, 2.24) is 9.29 Å². The van der Waals surface area contributed by atoms with Crippen molar-refractivity contribution in [3.8, 4) is 0 Å². The minimum atomic E-state index is -4.57. The SMILES string of the molecule is Cc1ccc(S(=O)(=O)N2CCN(c3ccc(C(F)(F)F)cn3)C[C@@H]2C(=O)O)cc1CC(=O)O. The highest BCUT2D eigenvalue weighted by atomic mass is 32.2. The average molecular weight is 487 g/mol. The third-order valence-electron chi connectivity index (χ3n) is 5.28. The first-order valence-electron chi connectivity index (χ1n) is 9.65. The lowest BCUT2D eigenvalue weighted by Crippen LogP contribution is -2.58. The molecular formula is C20H20F3N3O6S. The molecule has 1 fully saturated rings. The van der Waals surface area contributed by atoms with Gasteiger partial charge in [-0.2, -0.15) is 17.5 Å². The van der Waals surface area contributed by atoms with Gasteiger partial charge in [-0.1, -0.05) is 6.07 Å². The van der Waals surface area contributed by atoms with Crippen LogP contribution < -0.4 is 4.90 Å². The first kappa shape index (κ1) is 24.5. The Morgan fingerprint density at radius 3 is 2.39 bits per heavy atom. The second-order valence-electron chi connectivity index (χ2n) is 7.48. The molecule has 0 saturated carbocycles. The van der Waals surface area contributed by atoms with Crippen LogP contribution in [-0.4, -0.2) is 65.5 Å². The first-order chi connectivity index (χ1) is 15.3. The van der Waals surface area contributed by atoms with Gasteiger partial charge in [0.15, 0.2) is 0 Å². The molecule has 0 aliphatic carbocycles. The number of anilines is 1. The highest BCUT2D eigenvalue weighted by Gasteiger charge is 2.41. The number of halogens is 3. The normalized spacial score (nSPS) is 17.7. The summed E-state index contributed by atoms with van der Waals surface area (Å²) in [6.45, 7) is 1.03. The largest absolute Gasteiger partial charge is 0.481 e. The molecule has 0 radical (unpaired) electrons. The Morgan fingerprint density at radius 1 is 1.15 bits per heavy atom. The number of nitrogens with zero attached hydrogens (tertiary/aromatic N) is 3. The van der Waals surface area contributed by atoms with Gasteiger partial charge >= 0.3 is 18.1 Å². The Balaban J connectivity index is 1.88. The van der Waals surface area contributed by atoms with E-state index >= 15 is 0 Å². The van der Waals surface area contributed by atoms with Gasteiger partial charge in [-0.15, -0.1) is 0 Å². The fraction of sp³-hybridized carbons (Fsp3) is 0.350. The number of benzene rings is 1. The molecule has 2 aromatic rings. The number of hydrogen-bond acceptors (Lipinski definition) is 6. The molecule has 1 aromatic heterocycles. The number of aliphatic carboxylic acids is 2. The molecule has 0 amide bonds. The summed E-state index contributed by atoms with van der Waals surface area (Å²) in [5.41, 5.74) is -0.105. The fourth-order valence-electron chi connectivity index (χ4n) is 3.50. The standard InChI is InChI=1S/C20H20F3N3O6S/c1-12-2-4-15(8-13(12)9-18(27)28)33(31,32)26-7-6-25(11-16(26)19(29)30)17-5-3-14(10-24-17)20(21,22)23/h2-5,8,10,16H,6-7,9,11H2,1H3,(H,27,28)(H,29,30)/t16-/m1/s1. The summed E-state index contributed by atoms with van der Waals surface area (Å²) in [6.07, 6.45) is -4.34. The van der Waals surface area contributed by atoms with E-state index < -0.39 is 46.2 Å². The second kappa shape index (κ2) is 8.98. The zero-order valence-corrected chi connectivity index (χ0v) is 18.1. The van der Waals surface area contributed by atoms with E-state index in [-0.39, 0.29) is 35.9 Å². The van der Waals surface area contributed by atoms with Gasteiger partial charge < -0.3 is 15.1 Å². The van der Waals surface area contributed by atoms with Crippen LogP contribution in [0.25, 0.3) is 0 Å². The number of aryl methyl sites for hydroxylation is 1. The number of sulfonamides is 1. The predicted molar refractivity (Wildman–Crippen MR) is 109 cm³/mol. The molecule has 13 heteroatoms. The van der Waals surface area contributed by atoms with Crippen molar-refractivity contribution in [1.29, 1.82) is 0 Å². The maximum Gasteiger partial charge on any atom is 0.417 e. The van der Waals surface area contributed by atoms with Crippen molar-refractivity contribution in [2.45, 2.75) is 30.5 Å². The molecule has 33 heavy (non-hydrogen) atoms. The van der Waals surface area contributed by atoms with E-state index in [4.69, 9.17) is 5.11 Å². The first-order valence-corrected chi connectivity index (χ1v) is 11.1. The number of aromatic nitrogens is 1. The van der Waals surface area contributed by atoms with Gasteiger partial charge in [0.25, 0.3) is 0 Å². The molecule has 2 heterocycles. The van der Waals surface area contributed by atoms with Gasteiger partial charge in [0, 0.05) is 25.8 Å². The summed E-state index contributed by atoms with van der Waals surface area (Å²) in [5, 5.41) is 18.7. The van der Waals surface area contributed by atoms with E-state index in [2.05, 4.69) is 4.98 Å². The van der Waals surface area contributed by atoms with E-state index in [0.29, 0.717) is 11.8 Å². The summed E-state index contributed by atoms with van der Waals surface area (Å²) in [4.78, 5) is 27.9.